The summed E-state index contributed by atoms with van der Waals surface area (Å²) in [6.07, 6.45) is 10.1. The number of aryl methyl sites for hydroxylation is 3. The van der Waals surface area contributed by atoms with Gasteiger partial charge >= 0.3 is 5.97 Å². The number of methoxy groups -OCH3 is 1. The summed E-state index contributed by atoms with van der Waals surface area (Å²) < 4.78 is 12.4. The molecule has 9 heteroatoms. The normalized spacial score (nSPS) is 29.5. The maximum Gasteiger partial charge on any atom is 0.348 e. The highest BCUT2D eigenvalue weighted by Gasteiger charge is 2.59. The van der Waals surface area contributed by atoms with Crippen molar-refractivity contribution < 1.29 is 14.1 Å². The maximum absolute atomic E-state index is 12.2. The predicted octanol–water partition coefficient (Wildman–Crippen LogP) is 5.12. The van der Waals surface area contributed by atoms with Crippen molar-refractivity contribution in [3.8, 4) is 0 Å². The highest BCUT2D eigenvalue weighted by molar-refractivity contribution is 7.20. The van der Waals surface area contributed by atoms with Crippen LogP contribution in [0.25, 0.3) is 15.9 Å². The molecule has 0 radical (unpaired) electrons. The SMILES string of the molecule is COC(=O)c1sc2ncn3nc(CC45CC6CC(C4)CC(c4c(C)noc4C)(C6)C5)nc3c2c1C. The molecule has 4 heterocycles. The van der Waals surface area contributed by atoms with Crippen molar-refractivity contribution in [2.75, 3.05) is 7.11 Å². The lowest BCUT2D eigenvalue weighted by molar-refractivity contribution is -0.0731. The summed E-state index contributed by atoms with van der Waals surface area (Å²) in [5, 5.41) is 10.1. The van der Waals surface area contributed by atoms with E-state index >= 15 is 0 Å². The van der Waals surface area contributed by atoms with Crippen LogP contribution in [0.3, 0.4) is 0 Å². The largest absolute Gasteiger partial charge is 0.465 e. The van der Waals surface area contributed by atoms with Crippen LogP contribution in [0.15, 0.2) is 10.9 Å². The molecule has 0 aromatic carbocycles. The number of carbonyl (C=O) groups excluding carboxylic acids is 1. The number of hydrogen-bond acceptors (Lipinski definition) is 8. The van der Waals surface area contributed by atoms with Crippen molar-refractivity contribution in [3.63, 3.8) is 0 Å². The first-order valence-electron chi connectivity index (χ1n) is 12.4. The number of fused-ring (bicyclic) bond motifs is 3. The van der Waals surface area contributed by atoms with Gasteiger partial charge in [0.25, 0.3) is 0 Å². The molecule has 0 spiro atoms. The molecule has 0 saturated heterocycles. The summed E-state index contributed by atoms with van der Waals surface area (Å²) in [6.45, 7) is 6.12. The molecule has 4 aliphatic rings. The third kappa shape index (κ3) is 3.00. The van der Waals surface area contributed by atoms with Crippen LogP contribution in [0.4, 0.5) is 0 Å². The molecule has 182 valence electrons. The Kier molecular flexibility index (Phi) is 4.37. The Morgan fingerprint density at radius 3 is 2.69 bits per heavy atom. The predicted molar refractivity (Wildman–Crippen MR) is 131 cm³/mol. The fourth-order valence-electron chi connectivity index (χ4n) is 8.47. The van der Waals surface area contributed by atoms with Gasteiger partial charge in [0.2, 0.25) is 0 Å². The molecule has 4 aliphatic carbocycles. The van der Waals surface area contributed by atoms with Gasteiger partial charge in [0.05, 0.1) is 18.2 Å². The van der Waals surface area contributed by atoms with Gasteiger partial charge in [-0.3, -0.25) is 0 Å². The minimum absolute atomic E-state index is 0.172. The molecule has 8 nitrogen and oxygen atoms in total. The Labute approximate surface area is 207 Å². The molecule has 4 aromatic rings. The van der Waals surface area contributed by atoms with Crippen molar-refractivity contribution in [2.45, 2.75) is 71.1 Å². The quantitative estimate of drug-likeness (QED) is 0.366. The molecule has 0 N–H and O–H groups in total. The summed E-state index contributed by atoms with van der Waals surface area (Å²) in [5.41, 5.74) is 4.45. The summed E-state index contributed by atoms with van der Waals surface area (Å²) in [7, 11) is 1.41. The lowest BCUT2D eigenvalue weighted by atomic mass is 9.42. The zero-order valence-electron chi connectivity index (χ0n) is 20.6. The highest BCUT2D eigenvalue weighted by atomic mass is 32.1. The summed E-state index contributed by atoms with van der Waals surface area (Å²) in [5.74, 6) is 3.03. The van der Waals surface area contributed by atoms with Crippen LogP contribution in [0, 0.1) is 38.0 Å². The molecule has 0 amide bonds. The Balaban J connectivity index is 1.29. The molecule has 4 saturated carbocycles. The number of esters is 1. The molecule has 4 bridgehead atoms. The van der Waals surface area contributed by atoms with Gasteiger partial charge in [0.15, 0.2) is 11.5 Å². The Bertz CT molecular complexity index is 1480. The van der Waals surface area contributed by atoms with E-state index in [1.807, 2.05) is 6.92 Å². The van der Waals surface area contributed by atoms with Gasteiger partial charge in [-0.15, -0.1) is 16.4 Å². The summed E-state index contributed by atoms with van der Waals surface area (Å²) in [6, 6.07) is 0. The summed E-state index contributed by atoms with van der Waals surface area (Å²) >= 11 is 1.35. The number of ether oxygens (including phenoxy) is 1. The number of aromatic nitrogens is 5. The van der Waals surface area contributed by atoms with Gasteiger partial charge < -0.3 is 9.26 Å². The van der Waals surface area contributed by atoms with Crippen molar-refractivity contribution >= 4 is 33.2 Å². The van der Waals surface area contributed by atoms with E-state index in [1.54, 1.807) is 10.8 Å². The van der Waals surface area contributed by atoms with E-state index in [4.69, 9.17) is 19.3 Å². The molecule has 4 fully saturated rings. The van der Waals surface area contributed by atoms with Crippen LogP contribution in [0.2, 0.25) is 0 Å². The number of carbonyl (C=O) groups is 1. The van der Waals surface area contributed by atoms with E-state index in [0.29, 0.717) is 4.88 Å². The van der Waals surface area contributed by atoms with Crippen LogP contribution in [-0.4, -0.2) is 37.8 Å². The van der Waals surface area contributed by atoms with Gasteiger partial charge in [-0.2, -0.15) is 0 Å². The van der Waals surface area contributed by atoms with E-state index < -0.39 is 0 Å². The number of nitrogens with zero attached hydrogens (tertiary/aromatic N) is 5. The first-order valence-corrected chi connectivity index (χ1v) is 13.3. The second kappa shape index (κ2) is 7.12. The molecule has 2 unspecified atom stereocenters. The fraction of sp³-hybridized carbons (Fsp3) is 0.577. The van der Waals surface area contributed by atoms with Gasteiger partial charge in [0.1, 0.15) is 21.8 Å². The van der Waals surface area contributed by atoms with Crippen molar-refractivity contribution in [1.82, 2.24) is 24.7 Å². The van der Waals surface area contributed by atoms with E-state index in [2.05, 4.69) is 24.0 Å². The molecule has 35 heavy (non-hydrogen) atoms. The number of thiophene rings is 1. The van der Waals surface area contributed by atoms with Crippen LogP contribution >= 0.6 is 11.3 Å². The first kappa shape index (κ1) is 21.5. The van der Waals surface area contributed by atoms with Crippen LogP contribution in [0.5, 0.6) is 0 Å². The molecular formula is C26H29N5O3S. The van der Waals surface area contributed by atoms with Crippen molar-refractivity contribution in [3.05, 3.63) is 39.6 Å². The zero-order valence-corrected chi connectivity index (χ0v) is 21.4. The second-order valence-corrected chi connectivity index (χ2v) is 12.4. The third-order valence-electron chi connectivity index (χ3n) is 8.96. The minimum Gasteiger partial charge on any atom is -0.465 e. The summed E-state index contributed by atoms with van der Waals surface area (Å²) in [4.78, 5) is 23.2. The average Bonchev–Trinajstić information content (AvgIpc) is 3.46. The topological polar surface area (TPSA) is 95.4 Å². The molecule has 0 aliphatic heterocycles. The average molecular weight is 492 g/mol. The molecule has 2 atom stereocenters. The van der Waals surface area contributed by atoms with Gasteiger partial charge in [-0.1, -0.05) is 5.16 Å². The maximum atomic E-state index is 12.2. The van der Waals surface area contributed by atoms with E-state index in [9.17, 15) is 4.79 Å². The van der Waals surface area contributed by atoms with Crippen LogP contribution in [-0.2, 0) is 16.6 Å². The standard InChI is InChI=1S/C26H29N5O3S/c1-13-19-22-28-18(29-31(22)12-27-23(19)35-21(13)24(32)33-4)10-25-6-16-5-17(7-25)9-26(8-16,11-25)20-14(2)30-34-15(20)3/h12,16-17H,5-11H2,1-4H3. The van der Waals surface area contributed by atoms with Crippen LogP contribution in [0.1, 0.15) is 76.6 Å². The smallest absolute Gasteiger partial charge is 0.348 e. The fourth-order valence-corrected chi connectivity index (χ4v) is 9.53. The first-order chi connectivity index (χ1) is 16.8. The number of rotatable bonds is 4. The monoisotopic (exact) mass is 491 g/mol. The zero-order chi connectivity index (χ0) is 24.1. The minimum atomic E-state index is -0.332. The second-order valence-electron chi connectivity index (χ2n) is 11.4. The lowest BCUT2D eigenvalue weighted by Crippen LogP contribution is -2.55. The van der Waals surface area contributed by atoms with Gasteiger partial charge in [-0.25, -0.2) is 19.3 Å². The Morgan fingerprint density at radius 2 is 2.00 bits per heavy atom. The van der Waals surface area contributed by atoms with Crippen molar-refractivity contribution in [2.24, 2.45) is 17.3 Å². The Hall–Kier alpha value is -2.81. The highest BCUT2D eigenvalue weighted by Crippen LogP contribution is 2.67. The van der Waals surface area contributed by atoms with Crippen LogP contribution < -0.4 is 0 Å². The lowest BCUT2D eigenvalue weighted by Gasteiger charge is -2.62. The van der Waals surface area contributed by atoms with Gasteiger partial charge in [-0.05, 0) is 82.1 Å². The van der Waals surface area contributed by atoms with E-state index in [-0.39, 0.29) is 16.8 Å². The molecule has 4 aromatic heterocycles. The van der Waals surface area contributed by atoms with E-state index in [1.165, 1.54) is 56.1 Å². The Morgan fingerprint density at radius 1 is 1.23 bits per heavy atom. The molecule has 8 rings (SSSR count). The molecular weight excluding hydrogens is 462 g/mol. The van der Waals surface area contributed by atoms with Crippen molar-refractivity contribution in [1.29, 1.82) is 0 Å². The third-order valence-corrected chi connectivity index (χ3v) is 10.1. The van der Waals surface area contributed by atoms with Gasteiger partial charge in [0, 0.05) is 17.4 Å². The van der Waals surface area contributed by atoms with E-state index in [0.717, 1.165) is 63.4 Å². The number of hydrogen-bond donors (Lipinski definition) is 0.